The first-order valence-corrected chi connectivity index (χ1v) is 7.04. The fourth-order valence-corrected chi connectivity index (χ4v) is 1.63. The molecule has 0 saturated carbocycles. The average Bonchev–Trinajstić information content (AvgIpc) is 2.79. The molecule has 0 aliphatic heterocycles. The first-order chi connectivity index (χ1) is 8.72. The number of aryl methyl sites for hydroxylation is 1. The zero-order chi connectivity index (χ0) is 13.2. The molecule has 1 N–H and O–H groups in total. The van der Waals surface area contributed by atoms with Crippen LogP contribution in [0.15, 0.2) is 12.5 Å². The highest BCUT2D eigenvalue weighted by Crippen LogP contribution is 1.99. The Morgan fingerprint density at radius 3 is 2.83 bits per heavy atom. The first kappa shape index (κ1) is 15.2. The standard InChI is InChI=1S/C14H27N3O/c1-4-5-8-18-9-6-7-17-11-14(16-12-17)10-15-13(2)3/h11-13,15H,4-10H2,1-3H3. The van der Waals surface area contributed by atoms with Crippen LogP contribution >= 0.6 is 0 Å². The maximum absolute atomic E-state index is 5.54. The predicted octanol–water partition coefficient (Wildman–Crippen LogP) is 2.59. The van der Waals surface area contributed by atoms with Crippen molar-refractivity contribution in [1.29, 1.82) is 0 Å². The zero-order valence-corrected chi connectivity index (χ0v) is 12.0. The Bertz CT molecular complexity index is 310. The van der Waals surface area contributed by atoms with E-state index in [-0.39, 0.29) is 0 Å². The minimum absolute atomic E-state index is 0.502. The van der Waals surface area contributed by atoms with Crippen LogP contribution in [0, 0.1) is 0 Å². The van der Waals surface area contributed by atoms with Crippen LogP contribution in [0.4, 0.5) is 0 Å². The SMILES string of the molecule is CCCCOCCCn1cnc(CNC(C)C)c1. The largest absolute Gasteiger partial charge is 0.381 e. The number of aromatic nitrogens is 2. The summed E-state index contributed by atoms with van der Waals surface area (Å²) in [6.45, 7) is 10.0. The van der Waals surface area contributed by atoms with Crippen LogP contribution in [0.2, 0.25) is 0 Å². The van der Waals surface area contributed by atoms with Gasteiger partial charge in [-0.15, -0.1) is 0 Å². The zero-order valence-electron chi connectivity index (χ0n) is 12.0. The van der Waals surface area contributed by atoms with Crippen molar-refractivity contribution in [3.8, 4) is 0 Å². The van der Waals surface area contributed by atoms with Crippen LogP contribution in [0.5, 0.6) is 0 Å². The number of unbranched alkanes of at least 4 members (excludes halogenated alkanes) is 1. The van der Waals surface area contributed by atoms with E-state index < -0.39 is 0 Å². The van der Waals surface area contributed by atoms with Gasteiger partial charge < -0.3 is 14.6 Å². The van der Waals surface area contributed by atoms with E-state index in [1.165, 1.54) is 6.42 Å². The maximum Gasteiger partial charge on any atom is 0.0949 e. The van der Waals surface area contributed by atoms with Crippen LogP contribution in [0.3, 0.4) is 0 Å². The molecular weight excluding hydrogens is 226 g/mol. The van der Waals surface area contributed by atoms with E-state index in [1.54, 1.807) is 0 Å². The van der Waals surface area contributed by atoms with E-state index in [1.807, 2.05) is 6.33 Å². The summed E-state index contributed by atoms with van der Waals surface area (Å²) in [5.74, 6) is 0. The van der Waals surface area contributed by atoms with Crippen molar-refractivity contribution in [2.75, 3.05) is 13.2 Å². The molecule has 1 aromatic heterocycles. The summed E-state index contributed by atoms with van der Waals surface area (Å²) in [5, 5.41) is 3.37. The van der Waals surface area contributed by atoms with Crippen LogP contribution in [0.25, 0.3) is 0 Å². The fraction of sp³-hybridized carbons (Fsp3) is 0.786. The molecule has 0 atom stereocenters. The topological polar surface area (TPSA) is 39.1 Å². The monoisotopic (exact) mass is 253 g/mol. The van der Waals surface area contributed by atoms with Gasteiger partial charge in [-0.3, -0.25) is 0 Å². The van der Waals surface area contributed by atoms with Gasteiger partial charge in [0.25, 0.3) is 0 Å². The third-order valence-electron chi connectivity index (χ3n) is 2.73. The fourth-order valence-electron chi connectivity index (χ4n) is 1.63. The number of nitrogens with one attached hydrogen (secondary N) is 1. The van der Waals surface area contributed by atoms with Crippen LogP contribution in [-0.4, -0.2) is 28.8 Å². The second kappa shape index (κ2) is 9.11. The minimum atomic E-state index is 0.502. The number of hydrogen-bond acceptors (Lipinski definition) is 3. The molecule has 0 aromatic carbocycles. The van der Waals surface area contributed by atoms with Crippen LogP contribution in [-0.2, 0) is 17.8 Å². The molecule has 0 spiro atoms. The summed E-state index contributed by atoms with van der Waals surface area (Å²) in [6, 6.07) is 0.502. The van der Waals surface area contributed by atoms with E-state index in [2.05, 4.69) is 41.8 Å². The Morgan fingerprint density at radius 1 is 1.33 bits per heavy atom. The van der Waals surface area contributed by atoms with Gasteiger partial charge in [0, 0.05) is 38.5 Å². The molecule has 18 heavy (non-hydrogen) atoms. The number of ether oxygens (including phenoxy) is 1. The van der Waals surface area contributed by atoms with Crippen molar-refractivity contribution < 1.29 is 4.74 Å². The molecule has 1 rings (SSSR count). The van der Waals surface area contributed by atoms with Crippen molar-refractivity contribution in [2.45, 2.75) is 59.2 Å². The number of nitrogens with zero attached hydrogens (tertiary/aromatic N) is 2. The smallest absolute Gasteiger partial charge is 0.0949 e. The maximum atomic E-state index is 5.54. The summed E-state index contributed by atoms with van der Waals surface area (Å²) >= 11 is 0. The third-order valence-corrected chi connectivity index (χ3v) is 2.73. The normalized spacial score (nSPS) is 11.3. The Hall–Kier alpha value is -0.870. The lowest BCUT2D eigenvalue weighted by molar-refractivity contribution is 0.126. The summed E-state index contributed by atoms with van der Waals surface area (Å²) in [7, 11) is 0. The number of rotatable bonds is 10. The van der Waals surface area contributed by atoms with Gasteiger partial charge in [0.05, 0.1) is 12.0 Å². The molecule has 0 aliphatic rings. The van der Waals surface area contributed by atoms with E-state index in [0.717, 1.165) is 44.8 Å². The molecule has 1 heterocycles. The van der Waals surface area contributed by atoms with E-state index in [0.29, 0.717) is 6.04 Å². The van der Waals surface area contributed by atoms with Crippen LogP contribution in [0.1, 0.15) is 45.7 Å². The van der Waals surface area contributed by atoms with Gasteiger partial charge >= 0.3 is 0 Å². The molecule has 0 amide bonds. The molecule has 1 aromatic rings. The summed E-state index contributed by atoms with van der Waals surface area (Å²) in [4.78, 5) is 4.38. The predicted molar refractivity (Wildman–Crippen MR) is 74.5 cm³/mol. The van der Waals surface area contributed by atoms with Crippen molar-refractivity contribution in [1.82, 2.24) is 14.9 Å². The Kier molecular flexibility index (Phi) is 7.69. The van der Waals surface area contributed by atoms with Gasteiger partial charge in [0.2, 0.25) is 0 Å². The molecule has 0 saturated heterocycles. The van der Waals surface area contributed by atoms with Gasteiger partial charge in [0.15, 0.2) is 0 Å². The van der Waals surface area contributed by atoms with Gasteiger partial charge in [0.1, 0.15) is 0 Å². The lowest BCUT2D eigenvalue weighted by Crippen LogP contribution is -2.21. The summed E-state index contributed by atoms with van der Waals surface area (Å²) in [5.41, 5.74) is 1.11. The van der Waals surface area contributed by atoms with E-state index in [9.17, 15) is 0 Å². The second-order valence-electron chi connectivity index (χ2n) is 4.96. The molecule has 4 heteroatoms. The second-order valence-corrected chi connectivity index (χ2v) is 4.96. The van der Waals surface area contributed by atoms with Crippen molar-refractivity contribution >= 4 is 0 Å². The van der Waals surface area contributed by atoms with Crippen LogP contribution < -0.4 is 5.32 Å². The molecule has 104 valence electrons. The van der Waals surface area contributed by atoms with Gasteiger partial charge in [-0.05, 0) is 12.8 Å². The summed E-state index contributed by atoms with van der Waals surface area (Å²) in [6.07, 6.45) is 7.44. The highest BCUT2D eigenvalue weighted by Gasteiger charge is 1.99. The lowest BCUT2D eigenvalue weighted by atomic mass is 10.3. The van der Waals surface area contributed by atoms with Crippen molar-refractivity contribution in [2.24, 2.45) is 0 Å². The Morgan fingerprint density at radius 2 is 2.11 bits per heavy atom. The average molecular weight is 253 g/mol. The Labute approximate surface area is 111 Å². The lowest BCUT2D eigenvalue weighted by Gasteiger charge is -2.05. The van der Waals surface area contributed by atoms with Gasteiger partial charge in [-0.1, -0.05) is 27.2 Å². The molecule has 0 fully saturated rings. The molecule has 4 nitrogen and oxygen atoms in total. The van der Waals surface area contributed by atoms with Crippen molar-refractivity contribution in [3.05, 3.63) is 18.2 Å². The molecule has 0 unspecified atom stereocenters. The number of hydrogen-bond donors (Lipinski definition) is 1. The van der Waals surface area contributed by atoms with E-state index >= 15 is 0 Å². The van der Waals surface area contributed by atoms with Gasteiger partial charge in [-0.25, -0.2) is 4.98 Å². The number of imidazole rings is 1. The third kappa shape index (κ3) is 6.77. The van der Waals surface area contributed by atoms with Gasteiger partial charge in [-0.2, -0.15) is 0 Å². The van der Waals surface area contributed by atoms with E-state index in [4.69, 9.17) is 4.74 Å². The molecule has 0 aliphatic carbocycles. The highest BCUT2D eigenvalue weighted by atomic mass is 16.5. The first-order valence-electron chi connectivity index (χ1n) is 7.04. The highest BCUT2D eigenvalue weighted by molar-refractivity contribution is 4.96. The minimum Gasteiger partial charge on any atom is -0.381 e. The quantitative estimate of drug-likeness (QED) is 0.651. The van der Waals surface area contributed by atoms with Crippen molar-refractivity contribution in [3.63, 3.8) is 0 Å². The Balaban J connectivity index is 2.11. The molecule has 0 radical (unpaired) electrons. The molecule has 0 bridgehead atoms. The summed E-state index contributed by atoms with van der Waals surface area (Å²) < 4.78 is 7.67. The molecular formula is C14H27N3O.